The molecule has 7 nitrogen and oxygen atoms in total. The third-order valence-corrected chi connectivity index (χ3v) is 5.95. The van der Waals surface area contributed by atoms with E-state index in [1.165, 1.54) is 0 Å². The van der Waals surface area contributed by atoms with Gasteiger partial charge in [-0.2, -0.15) is 0 Å². The molecule has 0 amide bonds. The van der Waals surface area contributed by atoms with Crippen LogP contribution in [0.3, 0.4) is 0 Å². The number of thioether (sulfide) groups is 1. The third kappa shape index (κ3) is 4.66. The molecule has 4 aromatic rings. The predicted molar refractivity (Wildman–Crippen MR) is 119 cm³/mol. The van der Waals surface area contributed by atoms with Gasteiger partial charge in [0.05, 0.1) is 17.3 Å². The molecule has 0 atom stereocenters. The second-order valence-corrected chi connectivity index (χ2v) is 8.40. The average molecular weight is 460 g/mol. The predicted octanol–water partition coefficient (Wildman–Crippen LogP) is 4.99. The molecule has 2 aromatic heterocycles. The van der Waals surface area contributed by atoms with E-state index in [1.807, 2.05) is 28.9 Å². The molecule has 10 heteroatoms. The molecular formula is C20H19Cl2N7S. The molecule has 2 heterocycles. The minimum atomic E-state index is 0.535. The molecule has 0 unspecified atom stereocenters. The van der Waals surface area contributed by atoms with E-state index in [1.54, 1.807) is 23.9 Å². The fraction of sp³-hybridized carbons (Fsp3) is 0.250. The average Bonchev–Trinajstić information content (AvgIpc) is 3.34. The second kappa shape index (κ2) is 9.59. The van der Waals surface area contributed by atoms with Gasteiger partial charge in [0.1, 0.15) is 0 Å². The van der Waals surface area contributed by atoms with E-state index in [4.69, 9.17) is 23.2 Å². The van der Waals surface area contributed by atoms with Gasteiger partial charge >= 0.3 is 0 Å². The summed E-state index contributed by atoms with van der Waals surface area (Å²) in [4.78, 5) is 0. The summed E-state index contributed by atoms with van der Waals surface area (Å²) < 4.78 is 3.88. The highest BCUT2D eigenvalue weighted by Gasteiger charge is 2.18. The fourth-order valence-electron chi connectivity index (χ4n) is 3.02. The lowest BCUT2D eigenvalue weighted by atomic mass is 10.2. The molecule has 0 N–H and O–H groups in total. The minimum Gasteiger partial charge on any atom is -0.297 e. The Kier molecular flexibility index (Phi) is 6.66. The van der Waals surface area contributed by atoms with Crippen LogP contribution < -0.4 is 0 Å². The second-order valence-electron chi connectivity index (χ2n) is 6.61. The van der Waals surface area contributed by atoms with Crippen LogP contribution in [0.1, 0.15) is 24.7 Å². The third-order valence-electron chi connectivity index (χ3n) is 4.44. The maximum Gasteiger partial charge on any atom is 0.192 e. The minimum absolute atomic E-state index is 0.535. The van der Waals surface area contributed by atoms with E-state index >= 15 is 0 Å². The van der Waals surface area contributed by atoms with Crippen molar-refractivity contribution in [2.75, 3.05) is 0 Å². The maximum atomic E-state index is 6.46. The van der Waals surface area contributed by atoms with Crippen molar-refractivity contribution in [2.24, 2.45) is 0 Å². The molecule has 30 heavy (non-hydrogen) atoms. The quantitative estimate of drug-likeness (QED) is 0.345. The molecule has 0 saturated heterocycles. The molecule has 0 aliphatic carbocycles. The summed E-state index contributed by atoms with van der Waals surface area (Å²) in [6.07, 6.45) is 0.964. The van der Waals surface area contributed by atoms with Crippen LogP contribution in [-0.4, -0.2) is 35.0 Å². The molecule has 0 fully saturated rings. The van der Waals surface area contributed by atoms with E-state index in [-0.39, 0.29) is 0 Å². The number of nitrogens with zero attached hydrogens (tertiary/aromatic N) is 7. The maximum absolute atomic E-state index is 6.46. The zero-order valence-corrected chi connectivity index (χ0v) is 18.6. The number of hydrogen-bond donors (Lipinski definition) is 0. The van der Waals surface area contributed by atoms with Crippen molar-refractivity contribution in [2.45, 2.75) is 37.3 Å². The van der Waals surface area contributed by atoms with Gasteiger partial charge in [0, 0.05) is 17.1 Å². The topological polar surface area (TPSA) is 74.3 Å². The van der Waals surface area contributed by atoms with Crippen LogP contribution in [0.4, 0.5) is 0 Å². The van der Waals surface area contributed by atoms with Gasteiger partial charge in [-0.3, -0.25) is 4.57 Å². The molecule has 4 rings (SSSR count). The van der Waals surface area contributed by atoms with Crippen LogP contribution in [0.5, 0.6) is 0 Å². The van der Waals surface area contributed by atoms with E-state index in [0.29, 0.717) is 28.2 Å². The first-order valence-corrected chi connectivity index (χ1v) is 11.2. The summed E-state index contributed by atoms with van der Waals surface area (Å²) in [7, 11) is 0. The van der Waals surface area contributed by atoms with E-state index in [2.05, 4.69) is 49.3 Å². The number of aromatic nitrogens is 7. The summed E-state index contributed by atoms with van der Waals surface area (Å²) in [6.45, 7) is 3.49. The molecule has 0 saturated carbocycles. The first-order valence-electron chi connectivity index (χ1n) is 9.46. The van der Waals surface area contributed by atoms with E-state index in [9.17, 15) is 0 Å². The molecular weight excluding hydrogens is 441 g/mol. The Morgan fingerprint density at radius 2 is 1.83 bits per heavy atom. The number of hydrogen-bond acceptors (Lipinski definition) is 6. The Morgan fingerprint density at radius 3 is 2.60 bits per heavy atom. The van der Waals surface area contributed by atoms with Gasteiger partial charge in [-0.1, -0.05) is 72.2 Å². The molecule has 0 aliphatic heterocycles. The zero-order valence-electron chi connectivity index (χ0n) is 16.2. The lowest BCUT2D eigenvalue weighted by Gasteiger charge is -2.11. The fourth-order valence-corrected chi connectivity index (χ4v) is 4.38. The summed E-state index contributed by atoms with van der Waals surface area (Å²) in [6, 6.07) is 15.6. The number of benzene rings is 2. The Hall–Kier alpha value is -2.42. The van der Waals surface area contributed by atoms with Crippen molar-refractivity contribution in [1.82, 2.24) is 35.0 Å². The SMILES string of the molecule is CCCn1nnnc1CSc1nnc(-c2ccc(Cl)cc2Cl)n1Cc1ccccc1. The Balaban J connectivity index is 1.67. The van der Waals surface area contributed by atoms with Crippen LogP contribution in [0.2, 0.25) is 10.0 Å². The molecule has 0 spiro atoms. The van der Waals surface area contributed by atoms with E-state index in [0.717, 1.165) is 35.1 Å². The highest BCUT2D eigenvalue weighted by Crippen LogP contribution is 2.32. The van der Waals surface area contributed by atoms with Gasteiger partial charge in [0.2, 0.25) is 0 Å². The van der Waals surface area contributed by atoms with Crippen molar-refractivity contribution in [3.63, 3.8) is 0 Å². The number of rotatable bonds is 8. The lowest BCUT2D eigenvalue weighted by molar-refractivity contribution is 0.564. The molecule has 0 radical (unpaired) electrons. The first-order chi connectivity index (χ1) is 14.7. The van der Waals surface area contributed by atoms with Crippen LogP contribution >= 0.6 is 35.0 Å². The van der Waals surface area contributed by atoms with Gasteiger partial charge in [0.15, 0.2) is 16.8 Å². The van der Waals surface area contributed by atoms with Gasteiger partial charge < -0.3 is 0 Å². The monoisotopic (exact) mass is 459 g/mol. The van der Waals surface area contributed by atoms with Crippen molar-refractivity contribution in [3.05, 3.63) is 70.0 Å². The van der Waals surface area contributed by atoms with Crippen LogP contribution in [0, 0.1) is 0 Å². The largest absolute Gasteiger partial charge is 0.297 e. The standard InChI is InChI=1S/C20H19Cl2N7S/c1-2-10-29-18(23-26-27-29)13-30-20-25-24-19(16-9-8-15(21)11-17(16)22)28(20)12-14-6-4-3-5-7-14/h3-9,11H,2,10,12-13H2,1H3. The lowest BCUT2D eigenvalue weighted by Crippen LogP contribution is -2.06. The zero-order chi connectivity index (χ0) is 20.9. The molecule has 0 aliphatic rings. The first kappa shape index (κ1) is 20.8. The highest BCUT2D eigenvalue weighted by atomic mass is 35.5. The van der Waals surface area contributed by atoms with Gasteiger partial charge in [-0.25, -0.2) is 4.68 Å². The van der Waals surface area contributed by atoms with Crippen molar-refractivity contribution in [3.8, 4) is 11.4 Å². The molecule has 154 valence electrons. The van der Waals surface area contributed by atoms with E-state index < -0.39 is 0 Å². The van der Waals surface area contributed by atoms with Gasteiger partial charge in [-0.05, 0) is 40.6 Å². The smallest absolute Gasteiger partial charge is 0.192 e. The van der Waals surface area contributed by atoms with Crippen LogP contribution in [0.25, 0.3) is 11.4 Å². The van der Waals surface area contributed by atoms with Crippen LogP contribution in [-0.2, 0) is 18.8 Å². The Bertz CT molecular complexity index is 1130. The van der Waals surface area contributed by atoms with Crippen molar-refractivity contribution < 1.29 is 0 Å². The van der Waals surface area contributed by atoms with Gasteiger partial charge in [0.25, 0.3) is 0 Å². The Morgan fingerprint density at radius 1 is 1.00 bits per heavy atom. The van der Waals surface area contributed by atoms with Crippen molar-refractivity contribution >= 4 is 35.0 Å². The summed E-state index contributed by atoms with van der Waals surface area (Å²) >= 11 is 14.1. The summed E-state index contributed by atoms with van der Waals surface area (Å²) in [5, 5.41) is 22.7. The number of tetrazole rings is 1. The number of halogens is 2. The number of aryl methyl sites for hydroxylation is 1. The Labute approximate surface area is 188 Å². The van der Waals surface area contributed by atoms with Gasteiger partial charge in [-0.15, -0.1) is 15.3 Å². The summed E-state index contributed by atoms with van der Waals surface area (Å²) in [5.74, 6) is 2.09. The summed E-state index contributed by atoms with van der Waals surface area (Å²) in [5.41, 5.74) is 1.92. The molecule has 2 aromatic carbocycles. The van der Waals surface area contributed by atoms with Crippen LogP contribution in [0.15, 0.2) is 53.7 Å². The molecule has 0 bridgehead atoms. The normalized spacial score (nSPS) is 11.2. The van der Waals surface area contributed by atoms with Crippen molar-refractivity contribution in [1.29, 1.82) is 0 Å². The highest BCUT2D eigenvalue weighted by molar-refractivity contribution is 7.98.